The standard InChI is InChI=1S/C14H17NO2/c15-14(8-13(9-14)3-4-13)10-1-2-11-12(7-10)17-6-5-16-11/h1-2,7H,3-6,8-9,15H2. The van der Waals surface area contributed by atoms with Gasteiger partial charge in [-0.3, -0.25) is 0 Å². The second kappa shape index (κ2) is 2.96. The molecule has 2 saturated carbocycles. The SMILES string of the molecule is NC1(c2ccc3c(c2)OCCO3)CC2(CC2)C1. The molecule has 0 atom stereocenters. The van der Waals surface area contributed by atoms with Gasteiger partial charge in [-0.05, 0) is 48.8 Å². The molecule has 1 aliphatic heterocycles. The Bertz CT molecular complexity index is 471. The van der Waals surface area contributed by atoms with Crippen LogP contribution in [-0.2, 0) is 5.54 Å². The normalized spacial score (nSPS) is 26.4. The van der Waals surface area contributed by atoms with Gasteiger partial charge in [0, 0.05) is 5.54 Å². The molecular weight excluding hydrogens is 214 g/mol. The summed E-state index contributed by atoms with van der Waals surface area (Å²) in [6, 6.07) is 6.17. The first kappa shape index (κ1) is 9.77. The average Bonchev–Trinajstić information content (AvgIpc) is 3.08. The van der Waals surface area contributed by atoms with Crippen LogP contribution in [0.1, 0.15) is 31.2 Å². The molecule has 4 rings (SSSR count). The molecule has 0 amide bonds. The Hall–Kier alpha value is -1.22. The first-order chi connectivity index (χ1) is 8.19. The van der Waals surface area contributed by atoms with E-state index >= 15 is 0 Å². The second-order valence-electron chi connectivity index (χ2n) is 5.87. The maximum absolute atomic E-state index is 6.48. The summed E-state index contributed by atoms with van der Waals surface area (Å²) >= 11 is 0. The van der Waals surface area contributed by atoms with Gasteiger partial charge in [0.05, 0.1) is 0 Å². The Labute approximate surface area is 101 Å². The fourth-order valence-electron chi connectivity index (χ4n) is 3.37. The van der Waals surface area contributed by atoms with E-state index in [0.717, 1.165) is 24.3 Å². The maximum Gasteiger partial charge on any atom is 0.161 e. The minimum atomic E-state index is -0.119. The Morgan fingerprint density at radius 1 is 1.00 bits per heavy atom. The molecule has 1 heterocycles. The Morgan fingerprint density at radius 3 is 2.41 bits per heavy atom. The molecule has 0 unspecified atom stereocenters. The van der Waals surface area contributed by atoms with Gasteiger partial charge < -0.3 is 15.2 Å². The minimum absolute atomic E-state index is 0.119. The summed E-state index contributed by atoms with van der Waals surface area (Å²) in [5.74, 6) is 1.71. The van der Waals surface area contributed by atoms with Crippen LogP contribution >= 0.6 is 0 Å². The molecule has 1 aromatic rings. The third-order valence-electron chi connectivity index (χ3n) is 4.46. The van der Waals surface area contributed by atoms with Gasteiger partial charge in [-0.2, -0.15) is 0 Å². The molecule has 2 aliphatic carbocycles. The summed E-state index contributed by atoms with van der Waals surface area (Å²) in [5.41, 5.74) is 8.18. The maximum atomic E-state index is 6.48. The minimum Gasteiger partial charge on any atom is -0.486 e. The molecule has 17 heavy (non-hydrogen) atoms. The first-order valence-electron chi connectivity index (χ1n) is 6.38. The fraction of sp³-hybridized carbons (Fsp3) is 0.571. The van der Waals surface area contributed by atoms with Crippen LogP contribution in [0.3, 0.4) is 0 Å². The van der Waals surface area contributed by atoms with Crippen LogP contribution in [0, 0.1) is 5.41 Å². The Morgan fingerprint density at radius 2 is 1.71 bits per heavy atom. The average molecular weight is 231 g/mol. The summed E-state index contributed by atoms with van der Waals surface area (Å²) in [5, 5.41) is 0. The molecule has 90 valence electrons. The third-order valence-corrected chi connectivity index (χ3v) is 4.46. The van der Waals surface area contributed by atoms with E-state index in [-0.39, 0.29) is 5.54 Å². The van der Waals surface area contributed by atoms with Crippen LogP contribution in [-0.4, -0.2) is 13.2 Å². The number of ether oxygens (including phenoxy) is 2. The lowest BCUT2D eigenvalue weighted by atomic mass is 9.63. The van der Waals surface area contributed by atoms with Crippen LogP contribution in [0.4, 0.5) is 0 Å². The van der Waals surface area contributed by atoms with Gasteiger partial charge in [-0.25, -0.2) is 0 Å². The lowest BCUT2D eigenvalue weighted by Crippen LogP contribution is -2.50. The highest BCUT2D eigenvalue weighted by molar-refractivity contribution is 5.47. The van der Waals surface area contributed by atoms with Gasteiger partial charge in [-0.15, -0.1) is 0 Å². The topological polar surface area (TPSA) is 44.5 Å². The number of fused-ring (bicyclic) bond motifs is 1. The fourth-order valence-corrected chi connectivity index (χ4v) is 3.37. The summed E-state index contributed by atoms with van der Waals surface area (Å²) in [6.45, 7) is 1.28. The predicted molar refractivity (Wildman–Crippen MR) is 64.2 cm³/mol. The van der Waals surface area contributed by atoms with Crippen LogP contribution in [0.25, 0.3) is 0 Å². The van der Waals surface area contributed by atoms with Gasteiger partial charge in [0.1, 0.15) is 13.2 Å². The van der Waals surface area contributed by atoms with Crippen molar-refractivity contribution in [3.8, 4) is 11.5 Å². The zero-order chi connectivity index (χ0) is 11.5. The van der Waals surface area contributed by atoms with E-state index in [9.17, 15) is 0 Å². The molecular formula is C14H17NO2. The number of hydrogen-bond acceptors (Lipinski definition) is 3. The van der Waals surface area contributed by atoms with Crippen molar-refractivity contribution in [3.63, 3.8) is 0 Å². The van der Waals surface area contributed by atoms with Crippen molar-refractivity contribution >= 4 is 0 Å². The van der Waals surface area contributed by atoms with E-state index in [4.69, 9.17) is 15.2 Å². The smallest absolute Gasteiger partial charge is 0.161 e. The third kappa shape index (κ3) is 1.38. The van der Waals surface area contributed by atoms with Crippen LogP contribution in [0.5, 0.6) is 11.5 Å². The van der Waals surface area contributed by atoms with E-state index in [2.05, 4.69) is 12.1 Å². The molecule has 1 aromatic carbocycles. The molecule has 0 saturated heterocycles. The number of hydrogen-bond donors (Lipinski definition) is 1. The molecule has 3 heteroatoms. The highest BCUT2D eigenvalue weighted by Crippen LogP contribution is 2.67. The van der Waals surface area contributed by atoms with Gasteiger partial charge in [0.15, 0.2) is 11.5 Å². The summed E-state index contributed by atoms with van der Waals surface area (Å²) in [6.07, 6.45) is 5.02. The van der Waals surface area contributed by atoms with E-state index in [1.807, 2.05) is 6.07 Å². The largest absolute Gasteiger partial charge is 0.486 e. The molecule has 0 bridgehead atoms. The highest BCUT2D eigenvalue weighted by Gasteiger charge is 2.59. The Balaban J connectivity index is 1.65. The lowest BCUT2D eigenvalue weighted by Gasteiger charge is -2.46. The van der Waals surface area contributed by atoms with E-state index in [1.54, 1.807) is 0 Å². The van der Waals surface area contributed by atoms with Crippen molar-refractivity contribution in [2.45, 2.75) is 31.2 Å². The lowest BCUT2D eigenvalue weighted by molar-refractivity contribution is 0.123. The Kier molecular flexibility index (Phi) is 1.70. The molecule has 3 aliphatic rings. The van der Waals surface area contributed by atoms with Crippen LogP contribution in [0.2, 0.25) is 0 Å². The van der Waals surface area contributed by atoms with Gasteiger partial charge in [0.2, 0.25) is 0 Å². The van der Waals surface area contributed by atoms with Crippen molar-refractivity contribution in [1.82, 2.24) is 0 Å². The number of rotatable bonds is 1. The van der Waals surface area contributed by atoms with E-state index in [0.29, 0.717) is 18.6 Å². The molecule has 1 spiro atoms. The van der Waals surface area contributed by atoms with Crippen molar-refractivity contribution in [3.05, 3.63) is 23.8 Å². The summed E-state index contributed by atoms with van der Waals surface area (Å²) in [4.78, 5) is 0. The number of benzene rings is 1. The second-order valence-corrected chi connectivity index (χ2v) is 5.87. The molecule has 0 aromatic heterocycles. The zero-order valence-corrected chi connectivity index (χ0v) is 9.87. The quantitative estimate of drug-likeness (QED) is 0.805. The van der Waals surface area contributed by atoms with Gasteiger partial charge in [0.25, 0.3) is 0 Å². The van der Waals surface area contributed by atoms with Gasteiger partial charge in [-0.1, -0.05) is 6.07 Å². The summed E-state index contributed by atoms with van der Waals surface area (Å²) < 4.78 is 11.1. The van der Waals surface area contributed by atoms with E-state index in [1.165, 1.54) is 18.4 Å². The monoisotopic (exact) mass is 231 g/mol. The number of nitrogens with two attached hydrogens (primary N) is 1. The van der Waals surface area contributed by atoms with Crippen molar-refractivity contribution in [2.24, 2.45) is 11.1 Å². The summed E-state index contributed by atoms with van der Waals surface area (Å²) in [7, 11) is 0. The van der Waals surface area contributed by atoms with Crippen molar-refractivity contribution < 1.29 is 9.47 Å². The highest BCUT2D eigenvalue weighted by atomic mass is 16.6. The zero-order valence-electron chi connectivity index (χ0n) is 9.87. The van der Waals surface area contributed by atoms with Crippen molar-refractivity contribution in [1.29, 1.82) is 0 Å². The molecule has 3 nitrogen and oxygen atoms in total. The van der Waals surface area contributed by atoms with Gasteiger partial charge >= 0.3 is 0 Å². The first-order valence-corrected chi connectivity index (χ1v) is 6.38. The molecule has 0 radical (unpaired) electrons. The van der Waals surface area contributed by atoms with Crippen LogP contribution in [0.15, 0.2) is 18.2 Å². The molecule has 2 N–H and O–H groups in total. The van der Waals surface area contributed by atoms with Crippen LogP contribution < -0.4 is 15.2 Å². The predicted octanol–water partition coefficient (Wildman–Crippen LogP) is 2.19. The molecule has 2 fully saturated rings. The van der Waals surface area contributed by atoms with E-state index < -0.39 is 0 Å². The van der Waals surface area contributed by atoms with Crippen molar-refractivity contribution in [2.75, 3.05) is 13.2 Å².